The average Bonchev–Trinajstić information content (AvgIpc) is 3.02. The first-order valence-electron chi connectivity index (χ1n) is 8.82. The van der Waals surface area contributed by atoms with E-state index in [1.54, 1.807) is 0 Å². The zero-order valence-corrected chi connectivity index (χ0v) is 16.4. The van der Waals surface area contributed by atoms with Crippen molar-refractivity contribution in [2.24, 2.45) is 5.73 Å². The maximum absolute atomic E-state index is 12.8. The molecule has 0 atom stereocenters. The van der Waals surface area contributed by atoms with Crippen molar-refractivity contribution in [2.45, 2.75) is 46.4 Å². The second-order valence-electron chi connectivity index (χ2n) is 6.11. The minimum absolute atomic E-state index is 0.0103. The molecule has 0 spiro atoms. The molecule has 13 nitrogen and oxygen atoms in total. The van der Waals surface area contributed by atoms with Gasteiger partial charge >= 0.3 is 11.9 Å². The van der Waals surface area contributed by atoms with Crippen molar-refractivity contribution in [3.63, 3.8) is 0 Å². The molecule has 0 saturated heterocycles. The summed E-state index contributed by atoms with van der Waals surface area (Å²) in [6, 6.07) is 0. The van der Waals surface area contributed by atoms with E-state index in [-0.39, 0.29) is 31.0 Å². The fourth-order valence-corrected chi connectivity index (χ4v) is 2.42. The van der Waals surface area contributed by atoms with Crippen LogP contribution in [0.2, 0.25) is 0 Å². The molecule has 0 fully saturated rings. The fourth-order valence-electron chi connectivity index (χ4n) is 2.42. The van der Waals surface area contributed by atoms with Crippen LogP contribution in [0.1, 0.15) is 32.9 Å². The first kappa shape index (κ1) is 21.9. The van der Waals surface area contributed by atoms with Gasteiger partial charge in [0, 0.05) is 13.8 Å². The zero-order chi connectivity index (χ0) is 21.6. The van der Waals surface area contributed by atoms with Crippen LogP contribution in [0, 0.1) is 5.41 Å². The number of nitrogens with two attached hydrogens (primary N) is 1. The Morgan fingerprint density at radius 3 is 2.34 bits per heavy atom. The summed E-state index contributed by atoms with van der Waals surface area (Å²) >= 11 is 0. The van der Waals surface area contributed by atoms with Crippen molar-refractivity contribution >= 4 is 28.9 Å². The van der Waals surface area contributed by atoms with Crippen LogP contribution in [0.25, 0.3) is 11.0 Å². The lowest BCUT2D eigenvalue weighted by Crippen LogP contribution is -2.34. The molecule has 13 heteroatoms. The van der Waals surface area contributed by atoms with Gasteiger partial charge in [0.05, 0.1) is 5.69 Å². The molecule has 0 saturated carbocycles. The Kier molecular flexibility index (Phi) is 7.36. The van der Waals surface area contributed by atoms with Gasteiger partial charge < -0.3 is 19.9 Å². The number of nitrogen functional groups attached to an aromatic ring is 1. The number of aromatic nitrogens is 5. The van der Waals surface area contributed by atoms with Crippen LogP contribution in [0.15, 0.2) is 4.79 Å². The highest BCUT2D eigenvalue weighted by molar-refractivity contribution is 5.89. The first-order chi connectivity index (χ1) is 13.7. The molecule has 3 N–H and O–H groups in total. The van der Waals surface area contributed by atoms with Crippen LogP contribution < -0.4 is 11.3 Å². The monoisotopic (exact) mass is 409 g/mol. The van der Waals surface area contributed by atoms with Crippen LogP contribution in [0.3, 0.4) is 0 Å². The molecule has 2 aromatic rings. The summed E-state index contributed by atoms with van der Waals surface area (Å²) in [4.78, 5) is 34.8. The highest BCUT2D eigenvalue weighted by Gasteiger charge is 2.20. The Bertz CT molecular complexity index is 949. The van der Waals surface area contributed by atoms with Gasteiger partial charge in [0.25, 0.3) is 5.56 Å². The van der Waals surface area contributed by atoms with Crippen LogP contribution in [0.4, 0.5) is 0 Å². The molecular weight excluding hydrogens is 386 g/mol. The Hall–Kier alpha value is -3.35. The molecule has 158 valence electrons. The summed E-state index contributed by atoms with van der Waals surface area (Å²) in [5.41, 5.74) is 5.70. The van der Waals surface area contributed by atoms with E-state index in [9.17, 15) is 14.4 Å². The molecule has 29 heavy (non-hydrogen) atoms. The second-order valence-corrected chi connectivity index (χ2v) is 6.11. The molecule has 0 amide bonds. The van der Waals surface area contributed by atoms with Crippen molar-refractivity contribution in [1.29, 1.82) is 5.41 Å². The number of nitrogens with one attached hydrogen (secondary N) is 1. The third-order valence-electron chi connectivity index (χ3n) is 3.71. The van der Waals surface area contributed by atoms with E-state index in [0.29, 0.717) is 12.1 Å². The van der Waals surface area contributed by atoms with Gasteiger partial charge in [0.2, 0.25) is 5.96 Å². The number of nitrogens with zero attached hydrogens (tertiary/aromatic N) is 5. The Morgan fingerprint density at radius 2 is 1.83 bits per heavy atom. The minimum Gasteiger partial charge on any atom is -0.463 e. The summed E-state index contributed by atoms with van der Waals surface area (Å²) < 4.78 is 17.2. The number of ether oxygens (including phenoxy) is 3. The van der Waals surface area contributed by atoms with Crippen molar-refractivity contribution in [3.8, 4) is 0 Å². The normalized spacial score (nSPS) is 11.0. The van der Waals surface area contributed by atoms with Gasteiger partial charge in [-0.15, -0.1) is 5.10 Å². The lowest BCUT2D eigenvalue weighted by Gasteiger charge is -2.17. The summed E-state index contributed by atoms with van der Waals surface area (Å²) in [5.74, 6) is -1.50. The van der Waals surface area contributed by atoms with E-state index >= 15 is 0 Å². The fraction of sp³-hybridized carbons (Fsp3) is 0.562. The number of hydrogen-bond acceptors (Lipinski definition) is 10. The smallest absolute Gasteiger partial charge is 0.302 e. The van der Waals surface area contributed by atoms with Gasteiger partial charge in [-0.05, 0) is 6.42 Å². The van der Waals surface area contributed by atoms with Gasteiger partial charge in [-0.2, -0.15) is 14.5 Å². The lowest BCUT2D eigenvalue weighted by molar-refractivity contribution is -0.155. The first-order valence-corrected chi connectivity index (χ1v) is 8.82. The van der Waals surface area contributed by atoms with Crippen LogP contribution >= 0.6 is 0 Å². The highest BCUT2D eigenvalue weighted by Crippen LogP contribution is 2.13. The van der Waals surface area contributed by atoms with E-state index in [1.807, 2.05) is 6.92 Å². The number of aryl methyl sites for hydroxylation is 1. The average molecular weight is 409 g/mol. The molecule has 0 aliphatic heterocycles. The standard InChI is InChI=1S/C16H23N7O6/c1-4-5-12-13-14(23(20-12)16(17)18)15(26)22(21-19-13)8-29-11(6-27-9(2)24)7-28-10(3)25/h11H,4-8H2,1-3H3,(H3,17,18). The number of hydrogen-bond donors (Lipinski definition) is 2. The van der Waals surface area contributed by atoms with Gasteiger partial charge in [-0.25, -0.2) is 0 Å². The maximum Gasteiger partial charge on any atom is 0.302 e. The third kappa shape index (κ3) is 5.57. The third-order valence-corrected chi connectivity index (χ3v) is 3.71. The molecule has 0 aromatic carbocycles. The largest absolute Gasteiger partial charge is 0.463 e. The van der Waals surface area contributed by atoms with Crippen molar-refractivity contribution in [2.75, 3.05) is 13.2 Å². The van der Waals surface area contributed by atoms with Gasteiger partial charge in [0.1, 0.15) is 31.6 Å². The molecular formula is C16H23N7O6. The topological polar surface area (TPSA) is 177 Å². The highest BCUT2D eigenvalue weighted by atomic mass is 16.6. The molecule has 0 unspecified atom stereocenters. The van der Waals surface area contributed by atoms with Crippen molar-refractivity contribution in [1.82, 2.24) is 24.8 Å². The maximum atomic E-state index is 12.8. The summed E-state index contributed by atoms with van der Waals surface area (Å²) in [6.07, 6.45) is 0.477. The van der Waals surface area contributed by atoms with E-state index in [0.717, 1.165) is 15.8 Å². The molecule has 2 rings (SSSR count). The number of carbonyl (C=O) groups is 2. The van der Waals surface area contributed by atoms with Crippen molar-refractivity contribution < 1.29 is 23.8 Å². The molecule has 0 radical (unpaired) electrons. The Morgan fingerprint density at radius 1 is 1.21 bits per heavy atom. The van der Waals surface area contributed by atoms with E-state index in [4.69, 9.17) is 25.4 Å². The lowest BCUT2D eigenvalue weighted by atomic mass is 10.2. The number of carbonyl (C=O) groups excluding carboxylic acids is 2. The molecule has 0 aliphatic rings. The molecule has 2 heterocycles. The van der Waals surface area contributed by atoms with Crippen LogP contribution in [-0.2, 0) is 37.0 Å². The van der Waals surface area contributed by atoms with E-state index in [2.05, 4.69) is 15.4 Å². The van der Waals surface area contributed by atoms with Crippen LogP contribution in [-0.4, -0.2) is 62.0 Å². The van der Waals surface area contributed by atoms with Gasteiger partial charge in [-0.1, -0.05) is 18.6 Å². The Balaban J connectivity index is 2.27. The van der Waals surface area contributed by atoms with E-state index in [1.165, 1.54) is 13.8 Å². The SMILES string of the molecule is CCCc1nn(C(=N)N)c2c(=O)n(COC(COC(C)=O)COC(C)=O)nnc12. The summed E-state index contributed by atoms with van der Waals surface area (Å²) in [7, 11) is 0. The summed E-state index contributed by atoms with van der Waals surface area (Å²) in [6.45, 7) is 3.67. The van der Waals surface area contributed by atoms with Gasteiger partial charge in [-0.3, -0.25) is 19.8 Å². The predicted molar refractivity (Wildman–Crippen MR) is 99.0 cm³/mol. The van der Waals surface area contributed by atoms with Crippen molar-refractivity contribution in [3.05, 3.63) is 16.0 Å². The van der Waals surface area contributed by atoms with Crippen LogP contribution in [0.5, 0.6) is 0 Å². The molecule has 0 aliphatic carbocycles. The molecule has 0 bridgehead atoms. The van der Waals surface area contributed by atoms with Gasteiger partial charge in [0.15, 0.2) is 5.52 Å². The quantitative estimate of drug-likeness (QED) is 0.301. The molecule has 2 aromatic heterocycles. The Labute approximate surface area is 165 Å². The minimum atomic E-state index is -0.819. The number of fused-ring (bicyclic) bond motifs is 1. The number of esters is 2. The second kappa shape index (κ2) is 9.73. The summed E-state index contributed by atoms with van der Waals surface area (Å²) in [5, 5.41) is 19.7. The number of rotatable bonds is 9. The zero-order valence-electron chi connectivity index (χ0n) is 16.4. The van der Waals surface area contributed by atoms with E-state index < -0.39 is 29.6 Å². The predicted octanol–water partition coefficient (Wildman–Crippen LogP) is -0.849.